The van der Waals surface area contributed by atoms with Crippen LogP contribution < -0.4 is 10.3 Å². The topological polar surface area (TPSA) is 31.2 Å². The lowest BCUT2D eigenvalue weighted by molar-refractivity contribution is 0.307. The number of rotatable bonds is 11. The summed E-state index contributed by atoms with van der Waals surface area (Å²) in [5, 5.41) is 0.665. The number of hydrogen-bond donors (Lipinski definition) is 0. The summed E-state index contributed by atoms with van der Waals surface area (Å²) in [7, 11) is 0. The summed E-state index contributed by atoms with van der Waals surface area (Å²) in [6.07, 6.45) is 9.29. The molecule has 0 spiro atoms. The second kappa shape index (κ2) is 10.5. The number of nitrogens with zero attached hydrogens (tertiary/aromatic N) is 1. The number of thioether (sulfide) groups is 1. The predicted octanol–water partition coefficient (Wildman–Crippen LogP) is 5.24. The first-order chi connectivity index (χ1) is 12.2. The number of unbranched alkanes of at least 4 members (excludes halogenated alkanes) is 5. The Balaban J connectivity index is 1.91. The number of aryl methyl sites for hydroxylation is 1. The highest BCUT2D eigenvalue weighted by Crippen LogP contribution is 2.25. The fourth-order valence-corrected chi connectivity index (χ4v) is 3.50. The van der Waals surface area contributed by atoms with Crippen LogP contribution in [0.2, 0.25) is 0 Å². The van der Waals surface area contributed by atoms with Gasteiger partial charge in [0.25, 0.3) is 5.56 Å². The molecule has 0 aliphatic rings. The molecule has 0 unspecified atom stereocenters. The molecule has 0 aliphatic heterocycles. The summed E-state index contributed by atoms with van der Waals surface area (Å²) in [5.41, 5.74) is 0.616. The number of pyridine rings is 1. The SMILES string of the molecule is CCn1c(=O)cc(OCCCCCCCCSC)c2cc(F)ccc21. The molecule has 0 N–H and O–H groups in total. The third-order valence-corrected chi connectivity index (χ3v) is 5.05. The molecule has 0 aliphatic carbocycles. The van der Waals surface area contributed by atoms with Crippen LogP contribution in [0.5, 0.6) is 5.75 Å². The van der Waals surface area contributed by atoms with Crippen LogP contribution in [0, 0.1) is 5.82 Å². The molecule has 138 valence electrons. The van der Waals surface area contributed by atoms with E-state index >= 15 is 0 Å². The van der Waals surface area contributed by atoms with Gasteiger partial charge in [-0.2, -0.15) is 11.8 Å². The van der Waals surface area contributed by atoms with Crippen LogP contribution in [0.25, 0.3) is 10.9 Å². The van der Waals surface area contributed by atoms with Crippen LogP contribution in [0.3, 0.4) is 0 Å². The van der Waals surface area contributed by atoms with E-state index in [0.717, 1.165) is 18.4 Å². The molecule has 2 aromatic rings. The minimum absolute atomic E-state index is 0.106. The third-order valence-electron chi connectivity index (χ3n) is 4.35. The summed E-state index contributed by atoms with van der Waals surface area (Å²) >= 11 is 1.90. The average Bonchev–Trinajstić information content (AvgIpc) is 2.60. The van der Waals surface area contributed by atoms with Crippen molar-refractivity contribution in [3.63, 3.8) is 0 Å². The van der Waals surface area contributed by atoms with Crippen molar-refractivity contribution in [2.75, 3.05) is 18.6 Å². The molecule has 0 saturated heterocycles. The van der Waals surface area contributed by atoms with E-state index in [-0.39, 0.29) is 11.4 Å². The van der Waals surface area contributed by atoms with E-state index < -0.39 is 0 Å². The van der Waals surface area contributed by atoms with E-state index in [1.165, 1.54) is 49.6 Å². The summed E-state index contributed by atoms with van der Waals surface area (Å²) in [5.74, 6) is 1.42. The van der Waals surface area contributed by atoms with Crippen LogP contribution in [-0.4, -0.2) is 23.2 Å². The summed E-state index contributed by atoms with van der Waals surface area (Å²) in [4.78, 5) is 12.2. The highest BCUT2D eigenvalue weighted by molar-refractivity contribution is 7.98. The maximum absolute atomic E-state index is 13.6. The number of halogens is 1. The van der Waals surface area contributed by atoms with Gasteiger partial charge in [0.2, 0.25) is 0 Å². The highest BCUT2D eigenvalue weighted by atomic mass is 32.2. The fourth-order valence-electron chi connectivity index (χ4n) is 3.01. The van der Waals surface area contributed by atoms with E-state index in [9.17, 15) is 9.18 Å². The van der Waals surface area contributed by atoms with Gasteiger partial charge >= 0.3 is 0 Å². The first-order valence-corrected chi connectivity index (χ1v) is 10.5. The van der Waals surface area contributed by atoms with Crippen molar-refractivity contribution < 1.29 is 9.13 Å². The van der Waals surface area contributed by atoms with Crippen LogP contribution in [-0.2, 0) is 6.54 Å². The third kappa shape index (κ3) is 5.77. The van der Waals surface area contributed by atoms with E-state index in [4.69, 9.17) is 4.74 Å². The van der Waals surface area contributed by atoms with Gasteiger partial charge in [0.1, 0.15) is 11.6 Å². The normalized spacial score (nSPS) is 11.2. The molecule has 0 saturated carbocycles. The monoisotopic (exact) mass is 365 g/mol. The number of hydrogen-bond acceptors (Lipinski definition) is 3. The van der Waals surface area contributed by atoms with Gasteiger partial charge in [-0.3, -0.25) is 4.79 Å². The molecule has 0 atom stereocenters. The van der Waals surface area contributed by atoms with E-state index in [1.54, 1.807) is 10.6 Å². The molecule has 0 bridgehead atoms. The Morgan fingerprint density at radius 3 is 2.52 bits per heavy atom. The maximum atomic E-state index is 13.6. The average molecular weight is 366 g/mol. The molecule has 0 radical (unpaired) electrons. The summed E-state index contributed by atoms with van der Waals surface area (Å²) < 4.78 is 21.1. The van der Waals surface area contributed by atoms with Gasteiger partial charge in [-0.1, -0.05) is 25.7 Å². The minimum atomic E-state index is -0.316. The van der Waals surface area contributed by atoms with Crippen LogP contribution in [0.4, 0.5) is 4.39 Å². The lowest BCUT2D eigenvalue weighted by atomic mass is 10.1. The van der Waals surface area contributed by atoms with Gasteiger partial charge < -0.3 is 9.30 Å². The molecular weight excluding hydrogens is 337 g/mol. The Morgan fingerprint density at radius 2 is 1.80 bits per heavy atom. The molecule has 2 rings (SSSR count). The maximum Gasteiger partial charge on any atom is 0.254 e. The summed E-state index contributed by atoms with van der Waals surface area (Å²) in [6.45, 7) is 3.02. The van der Waals surface area contributed by atoms with Crippen LogP contribution in [0.1, 0.15) is 45.4 Å². The van der Waals surface area contributed by atoms with Crippen molar-refractivity contribution >= 4 is 22.7 Å². The first kappa shape index (κ1) is 19.8. The number of ether oxygens (including phenoxy) is 1. The van der Waals surface area contributed by atoms with Crippen molar-refractivity contribution in [3.05, 3.63) is 40.4 Å². The van der Waals surface area contributed by atoms with Gasteiger partial charge in [0.15, 0.2) is 0 Å². The molecule has 1 heterocycles. The zero-order valence-corrected chi connectivity index (χ0v) is 16.0. The molecule has 1 aromatic carbocycles. The molecule has 25 heavy (non-hydrogen) atoms. The zero-order valence-electron chi connectivity index (χ0n) is 15.2. The highest BCUT2D eigenvalue weighted by Gasteiger charge is 2.10. The van der Waals surface area contributed by atoms with E-state index in [1.807, 2.05) is 18.7 Å². The van der Waals surface area contributed by atoms with Gasteiger partial charge in [-0.15, -0.1) is 0 Å². The first-order valence-electron chi connectivity index (χ1n) is 9.12. The molecule has 5 heteroatoms. The van der Waals surface area contributed by atoms with Gasteiger partial charge in [0.05, 0.1) is 12.1 Å². The van der Waals surface area contributed by atoms with Crippen molar-refractivity contribution in [2.24, 2.45) is 0 Å². The molecule has 3 nitrogen and oxygen atoms in total. The number of benzene rings is 1. The number of aromatic nitrogens is 1. The van der Waals surface area contributed by atoms with Crippen LogP contribution >= 0.6 is 11.8 Å². The van der Waals surface area contributed by atoms with Crippen LogP contribution in [0.15, 0.2) is 29.1 Å². The Morgan fingerprint density at radius 1 is 1.08 bits per heavy atom. The van der Waals surface area contributed by atoms with Crippen molar-refractivity contribution in [3.8, 4) is 5.75 Å². The lowest BCUT2D eigenvalue weighted by Crippen LogP contribution is -2.19. The zero-order chi connectivity index (χ0) is 18.1. The van der Waals surface area contributed by atoms with Crippen molar-refractivity contribution in [1.29, 1.82) is 0 Å². The lowest BCUT2D eigenvalue weighted by Gasteiger charge is -2.13. The summed E-state index contributed by atoms with van der Waals surface area (Å²) in [6, 6.07) is 5.96. The largest absolute Gasteiger partial charge is 0.493 e. The second-order valence-corrected chi connectivity index (χ2v) is 7.20. The molecule has 0 fully saturated rings. The molecular formula is C20H28FNO2S. The second-order valence-electron chi connectivity index (χ2n) is 6.22. The Hall–Kier alpha value is -1.49. The smallest absolute Gasteiger partial charge is 0.254 e. The van der Waals surface area contributed by atoms with Gasteiger partial charge in [-0.25, -0.2) is 4.39 Å². The predicted molar refractivity (Wildman–Crippen MR) is 105 cm³/mol. The molecule has 1 aromatic heterocycles. The van der Waals surface area contributed by atoms with Gasteiger partial charge in [-0.05, 0) is 50.0 Å². The Bertz CT molecular complexity index is 729. The number of fused-ring (bicyclic) bond motifs is 1. The minimum Gasteiger partial charge on any atom is -0.493 e. The Labute approximate surface area is 153 Å². The Kier molecular flexibility index (Phi) is 8.32. The quantitative estimate of drug-likeness (QED) is 0.510. The standard InChI is InChI=1S/C20H28FNO2S/c1-3-22-18-11-10-16(21)14-17(18)19(15-20(22)23)24-12-8-6-4-5-7-9-13-25-2/h10-11,14-15H,3-9,12-13H2,1-2H3. The van der Waals surface area contributed by atoms with Gasteiger partial charge in [0, 0.05) is 18.0 Å². The van der Waals surface area contributed by atoms with Crippen molar-refractivity contribution in [2.45, 2.75) is 52.0 Å². The van der Waals surface area contributed by atoms with Crippen molar-refractivity contribution in [1.82, 2.24) is 4.57 Å². The van der Waals surface area contributed by atoms with E-state index in [2.05, 4.69) is 6.26 Å². The fraction of sp³-hybridized carbons (Fsp3) is 0.550. The molecule has 0 amide bonds. The van der Waals surface area contributed by atoms with E-state index in [0.29, 0.717) is 24.3 Å².